The van der Waals surface area contributed by atoms with Gasteiger partial charge in [0.15, 0.2) is 0 Å². The number of halogens is 1. The minimum absolute atomic E-state index is 0.0541. The van der Waals surface area contributed by atoms with Crippen LogP contribution in [0.25, 0.3) is 0 Å². The molecule has 1 aromatic heterocycles. The highest BCUT2D eigenvalue weighted by atomic mass is 32.1. The van der Waals surface area contributed by atoms with Gasteiger partial charge in [-0.1, -0.05) is 0 Å². The summed E-state index contributed by atoms with van der Waals surface area (Å²) in [6.45, 7) is 2.05. The molecule has 0 bridgehead atoms. The quantitative estimate of drug-likeness (QED) is 0.902. The molecule has 23 heavy (non-hydrogen) atoms. The molecule has 2 atom stereocenters. The Morgan fingerprint density at radius 3 is 2.70 bits per heavy atom. The van der Waals surface area contributed by atoms with Crippen LogP contribution in [0.15, 0.2) is 30.3 Å². The number of aryl methyl sites for hydroxylation is 1. The Kier molecular flexibility index (Phi) is 4.17. The first-order valence-electron chi connectivity index (χ1n) is 7.38. The molecule has 0 unspecified atom stereocenters. The first kappa shape index (κ1) is 15.7. The Balaban J connectivity index is 1.68. The number of hydrogen-bond donors (Lipinski definition) is 2. The molecule has 0 aliphatic heterocycles. The maximum Gasteiger partial charge on any atom is 0.254 e. The van der Waals surface area contributed by atoms with Crippen LogP contribution in [0.3, 0.4) is 0 Å². The zero-order chi connectivity index (χ0) is 16.6. The highest BCUT2D eigenvalue weighted by molar-refractivity contribution is 7.12. The minimum atomic E-state index is -0.610. The number of nitrogens with one attached hydrogen (secondary N) is 2. The standard InChI is InChI=1S/C17H17FN2O2S/c1-9-3-6-15(23-9)11-8-12(11)17(22)20-10-4-5-14(18)13(7-10)16(21)19-2/h3-7,11-12H,8H2,1-2H3,(H,19,21)(H,20,22)/t11-,12-/m1/s1. The molecule has 6 heteroatoms. The van der Waals surface area contributed by atoms with E-state index in [1.54, 1.807) is 11.3 Å². The van der Waals surface area contributed by atoms with Crippen LogP contribution in [-0.2, 0) is 4.79 Å². The fourth-order valence-electron chi connectivity index (χ4n) is 2.60. The van der Waals surface area contributed by atoms with Gasteiger partial charge < -0.3 is 10.6 Å². The Hall–Kier alpha value is -2.21. The molecule has 2 amide bonds. The summed E-state index contributed by atoms with van der Waals surface area (Å²) in [6.07, 6.45) is 0.829. The van der Waals surface area contributed by atoms with E-state index in [0.717, 1.165) is 6.42 Å². The van der Waals surface area contributed by atoms with Gasteiger partial charge in [0.05, 0.1) is 5.56 Å². The second kappa shape index (κ2) is 6.12. The lowest BCUT2D eigenvalue weighted by atomic mass is 10.1. The van der Waals surface area contributed by atoms with E-state index in [0.29, 0.717) is 5.69 Å². The van der Waals surface area contributed by atoms with Crippen molar-refractivity contribution in [3.05, 3.63) is 51.5 Å². The lowest BCUT2D eigenvalue weighted by Gasteiger charge is -2.08. The Morgan fingerprint density at radius 2 is 2.04 bits per heavy atom. The predicted molar refractivity (Wildman–Crippen MR) is 88.3 cm³/mol. The molecule has 1 heterocycles. The van der Waals surface area contributed by atoms with E-state index in [-0.39, 0.29) is 23.3 Å². The van der Waals surface area contributed by atoms with Crippen molar-refractivity contribution < 1.29 is 14.0 Å². The number of carbonyl (C=O) groups is 2. The summed E-state index contributed by atoms with van der Waals surface area (Å²) < 4.78 is 13.6. The van der Waals surface area contributed by atoms with Crippen LogP contribution >= 0.6 is 11.3 Å². The van der Waals surface area contributed by atoms with Gasteiger partial charge >= 0.3 is 0 Å². The molecule has 1 saturated carbocycles. The summed E-state index contributed by atoms with van der Waals surface area (Å²) in [7, 11) is 1.44. The van der Waals surface area contributed by atoms with Crippen LogP contribution in [0.1, 0.15) is 32.5 Å². The molecule has 0 spiro atoms. The van der Waals surface area contributed by atoms with E-state index in [4.69, 9.17) is 0 Å². The van der Waals surface area contributed by atoms with Crippen molar-refractivity contribution in [3.8, 4) is 0 Å². The lowest BCUT2D eigenvalue weighted by Crippen LogP contribution is -2.20. The van der Waals surface area contributed by atoms with Crippen molar-refractivity contribution in [1.29, 1.82) is 0 Å². The third kappa shape index (κ3) is 3.27. The highest BCUT2D eigenvalue weighted by Crippen LogP contribution is 2.50. The van der Waals surface area contributed by atoms with Crippen LogP contribution in [0, 0.1) is 18.7 Å². The summed E-state index contributed by atoms with van der Waals surface area (Å²) in [5, 5.41) is 5.15. The van der Waals surface area contributed by atoms with Gasteiger partial charge in [-0.15, -0.1) is 11.3 Å². The number of amides is 2. The van der Waals surface area contributed by atoms with E-state index in [1.807, 2.05) is 6.92 Å². The van der Waals surface area contributed by atoms with Gasteiger partial charge in [0.1, 0.15) is 5.82 Å². The van der Waals surface area contributed by atoms with Gasteiger partial charge in [0.25, 0.3) is 5.91 Å². The molecule has 1 aliphatic carbocycles. The van der Waals surface area contributed by atoms with Gasteiger partial charge in [-0.2, -0.15) is 0 Å². The van der Waals surface area contributed by atoms with E-state index in [1.165, 1.54) is 35.0 Å². The SMILES string of the molecule is CNC(=O)c1cc(NC(=O)[C@@H]2C[C@H]2c2ccc(C)s2)ccc1F. The van der Waals surface area contributed by atoms with Crippen molar-refractivity contribution in [2.24, 2.45) is 5.92 Å². The van der Waals surface area contributed by atoms with Gasteiger partial charge in [-0.05, 0) is 43.7 Å². The average Bonchev–Trinajstić information content (AvgIpc) is 3.23. The van der Waals surface area contributed by atoms with Crippen LogP contribution in [0.5, 0.6) is 0 Å². The number of anilines is 1. The van der Waals surface area contributed by atoms with Crippen molar-refractivity contribution in [2.75, 3.05) is 12.4 Å². The van der Waals surface area contributed by atoms with E-state index in [2.05, 4.69) is 22.8 Å². The monoisotopic (exact) mass is 332 g/mol. The van der Waals surface area contributed by atoms with Gasteiger partial charge in [0.2, 0.25) is 5.91 Å². The molecular formula is C17H17FN2O2S. The van der Waals surface area contributed by atoms with Gasteiger partial charge in [0, 0.05) is 34.3 Å². The Labute approximate surface area is 137 Å². The third-order valence-corrected chi connectivity index (χ3v) is 5.09. The molecule has 2 N–H and O–H groups in total. The maximum absolute atomic E-state index is 13.6. The fourth-order valence-corrected chi connectivity index (χ4v) is 3.65. The van der Waals surface area contributed by atoms with Gasteiger partial charge in [-0.3, -0.25) is 9.59 Å². The van der Waals surface area contributed by atoms with E-state index in [9.17, 15) is 14.0 Å². The lowest BCUT2D eigenvalue weighted by molar-refractivity contribution is -0.117. The zero-order valence-electron chi connectivity index (χ0n) is 12.9. The molecule has 3 rings (SSSR count). The number of rotatable bonds is 4. The summed E-state index contributed by atoms with van der Waals surface area (Å²) in [6, 6.07) is 8.14. The van der Waals surface area contributed by atoms with Gasteiger partial charge in [-0.25, -0.2) is 4.39 Å². The maximum atomic E-state index is 13.6. The van der Waals surface area contributed by atoms with Crippen LogP contribution in [-0.4, -0.2) is 18.9 Å². The summed E-state index contributed by atoms with van der Waals surface area (Å²) in [4.78, 5) is 26.4. The molecular weight excluding hydrogens is 315 g/mol. The van der Waals surface area contributed by atoms with Crippen molar-refractivity contribution >= 4 is 28.8 Å². The normalized spacial score (nSPS) is 19.3. The average molecular weight is 332 g/mol. The Bertz CT molecular complexity index is 772. The molecule has 2 aromatic rings. The van der Waals surface area contributed by atoms with E-state index >= 15 is 0 Å². The first-order valence-corrected chi connectivity index (χ1v) is 8.20. The smallest absolute Gasteiger partial charge is 0.254 e. The Morgan fingerprint density at radius 1 is 1.26 bits per heavy atom. The summed E-state index contributed by atoms with van der Waals surface area (Å²) >= 11 is 1.71. The second-order valence-corrected chi connectivity index (χ2v) is 6.98. The number of hydrogen-bond acceptors (Lipinski definition) is 3. The van der Waals surface area contributed by atoms with Crippen LogP contribution in [0.2, 0.25) is 0 Å². The van der Waals surface area contributed by atoms with Crippen LogP contribution in [0.4, 0.5) is 10.1 Å². The number of carbonyl (C=O) groups excluding carboxylic acids is 2. The highest BCUT2D eigenvalue weighted by Gasteiger charge is 2.44. The molecule has 120 valence electrons. The topological polar surface area (TPSA) is 58.2 Å². The summed E-state index contributed by atoms with van der Waals surface area (Å²) in [5.74, 6) is -0.998. The third-order valence-electron chi connectivity index (χ3n) is 3.96. The van der Waals surface area contributed by atoms with Crippen molar-refractivity contribution in [2.45, 2.75) is 19.3 Å². The molecule has 0 saturated heterocycles. The molecule has 1 aliphatic rings. The van der Waals surface area contributed by atoms with Crippen molar-refractivity contribution in [3.63, 3.8) is 0 Å². The predicted octanol–water partition coefficient (Wildman–Crippen LogP) is 3.30. The molecule has 1 aromatic carbocycles. The van der Waals surface area contributed by atoms with Crippen LogP contribution < -0.4 is 10.6 Å². The zero-order valence-corrected chi connectivity index (χ0v) is 13.7. The largest absolute Gasteiger partial charge is 0.355 e. The molecule has 0 radical (unpaired) electrons. The number of thiophene rings is 1. The molecule has 4 nitrogen and oxygen atoms in total. The first-order chi connectivity index (χ1) is 11.0. The molecule has 1 fully saturated rings. The van der Waals surface area contributed by atoms with Crippen molar-refractivity contribution in [1.82, 2.24) is 5.32 Å². The second-order valence-electron chi connectivity index (χ2n) is 5.66. The fraction of sp³-hybridized carbons (Fsp3) is 0.294. The number of benzene rings is 1. The minimum Gasteiger partial charge on any atom is -0.355 e. The van der Waals surface area contributed by atoms with E-state index < -0.39 is 11.7 Å². The summed E-state index contributed by atoms with van der Waals surface area (Å²) in [5.41, 5.74) is 0.356.